The van der Waals surface area contributed by atoms with Crippen molar-refractivity contribution in [3.63, 3.8) is 0 Å². The molecule has 0 fully saturated rings. The number of nitrogens with zero attached hydrogens (tertiary/aromatic N) is 1. The van der Waals surface area contributed by atoms with Crippen LogP contribution in [-0.4, -0.2) is 28.6 Å². The molecule has 0 saturated heterocycles. The molecule has 1 aliphatic rings. The largest absolute Gasteiger partial charge is 0.487 e. The number of rotatable bonds is 5. The van der Waals surface area contributed by atoms with Crippen molar-refractivity contribution in [1.82, 2.24) is 4.98 Å². The van der Waals surface area contributed by atoms with Gasteiger partial charge in [0, 0.05) is 5.69 Å². The molecule has 1 heterocycles. The van der Waals surface area contributed by atoms with E-state index >= 15 is 0 Å². The first-order chi connectivity index (χ1) is 9.91. The molecule has 4 heteroatoms. The Morgan fingerprint density at radius 2 is 2.05 bits per heavy atom. The minimum absolute atomic E-state index is 0.330. The first kappa shape index (κ1) is 15.7. The predicted molar refractivity (Wildman–Crippen MR) is 81.6 cm³/mol. The SMILES string of the molecule is Cc1ccc(OCC2=C(C(C)(C)O)CCCC2)c(C=O)n1. The van der Waals surface area contributed by atoms with Crippen molar-refractivity contribution in [2.75, 3.05) is 6.61 Å². The average molecular weight is 289 g/mol. The van der Waals surface area contributed by atoms with Crippen LogP contribution in [0, 0.1) is 6.92 Å². The molecule has 21 heavy (non-hydrogen) atoms. The molecule has 114 valence electrons. The minimum Gasteiger partial charge on any atom is -0.487 e. The van der Waals surface area contributed by atoms with Crippen molar-refractivity contribution in [3.05, 3.63) is 34.7 Å². The summed E-state index contributed by atoms with van der Waals surface area (Å²) >= 11 is 0. The fourth-order valence-corrected chi connectivity index (χ4v) is 2.80. The normalized spacial score (nSPS) is 16.0. The van der Waals surface area contributed by atoms with E-state index in [0.717, 1.165) is 42.5 Å². The number of carbonyl (C=O) groups excluding carboxylic acids is 1. The quantitative estimate of drug-likeness (QED) is 0.668. The highest BCUT2D eigenvalue weighted by atomic mass is 16.5. The molecule has 0 amide bonds. The van der Waals surface area contributed by atoms with E-state index in [1.165, 1.54) is 0 Å². The Kier molecular flexibility index (Phi) is 4.78. The first-order valence-electron chi connectivity index (χ1n) is 7.41. The molecule has 0 unspecified atom stereocenters. The molecule has 2 rings (SSSR count). The van der Waals surface area contributed by atoms with Gasteiger partial charge in [-0.3, -0.25) is 4.79 Å². The molecule has 0 saturated carbocycles. The Morgan fingerprint density at radius 3 is 2.71 bits per heavy atom. The van der Waals surface area contributed by atoms with Crippen molar-refractivity contribution < 1.29 is 14.6 Å². The molecule has 0 radical (unpaired) electrons. The van der Waals surface area contributed by atoms with Crippen molar-refractivity contribution >= 4 is 6.29 Å². The molecule has 1 aromatic rings. The third kappa shape index (κ3) is 3.91. The van der Waals surface area contributed by atoms with Gasteiger partial charge in [-0.15, -0.1) is 0 Å². The van der Waals surface area contributed by atoms with E-state index in [4.69, 9.17) is 4.74 Å². The van der Waals surface area contributed by atoms with Gasteiger partial charge >= 0.3 is 0 Å². The van der Waals surface area contributed by atoms with Crippen LogP contribution in [0.3, 0.4) is 0 Å². The standard InChI is InChI=1S/C17H23NO3/c1-12-8-9-16(15(10-19)18-12)21-11-13-6-4-5-7-14(13)17(2,3)20/h8-10,20H,4-7,11H2,1-3H3. The molecule has 0 atom stereocenters. The highest BCUT2D eigenvalue weighted by molar-refractivity contribution is 5.76. The van der Waals surface area contributed by atoms with E-state index in [-0.39, 0.29) is 0 Å². The fourth-order valence-electron chi connectivity index (χ4n) is 2.80. The third-order valence-electron chi connectivity index (χ3n) is 3.86. The van der Waals surface area contributed by atoms with E-state index < -0.39 is 5.60 Å². The highest BCUT2D eigenvalue weighted by Gasteiger charge is 2.25. The van der Waals surface area contributed by atoms with Crippen LogP contribution in [0.15, 0.2) is 23.3 Å². The number of hydrogen-bond acceptors (Lipinski definition) is 4. The summed E-state index contributed by atoms with van der Waals surface area (Å²) in [6.07, 6.45) is 4.79. The minimum atomic E-state index is -0.807. The number of pyridine rings is 1. The Bertz CT molecular complexity index is 556. The summed E-state index contributed by atoms with van der Waals surface area (Å²) in [4.78, 5) is 15.2. The van der Waals surface area contributed by atoms with Gasteiger partial charge in [0.25, 0.3) is 0 Å². The van der Waals surface area contributed by atoms with Gasteiger partial charge in [0.2, 0.25) is 0 Å². The van der Waals surface area contributed by atoms with Crippen molar-refractivity contribution in [2.24, 2.45) is 0 Å². The van der Waals surface area contributed by atoms with E-state index in [1.807, 2.05) is 26.8 Å². The zero-order valence-electron chi connectivity index (χ0n) is 13.0. The highest BCUT2D eigenvalue weighted by Crippen LogP contribution is 2.32. The molecule has 1 N–H and O–H groups in total. The van der Waals surface area contributed by atoms with Crippen LogP contribution in [-0.2, 0) is 0 Å². The lowest BCUT2D eigenvalue weighted by atomic mass is 9.83. The van der Waals surface area contributed by atoms with Gasteiger partial charge in [-0.1, -0.05) is 0 Å². The van der Waals surface area contributed by atoms with E-state index in [0.29, 0.717) is 24.3 Å². The van der Waals surface area contributed by atoms with Crippen LogP contribution in [0.4, 0.5) is 0 Å². The predicted octanol–water partition coefficient (Wildman–Crippen LogP) is 3.22. The van der Waals surface area contributed by atoms with Crippen LogP contribution in [0.2, 0.25) is 0 Å². The number of carbonyl (C=O) groups is 1. The first-order valence-corrected chi connectivity index (χ1v) is 7.41. The van der Waals surface area contributed by atoms with Gasteiger partial charge < -0.3 is 9.84 Å². The number of ether oxygens (including phenoxy) is 1. The summed E-state index contributed by atoms with van der Waals surface area (Å²) < 4.78 is 5.79. The maximum absolute atomic E-state index is 11.1. The molecular weight excluding hydrogens is 266 g/mol. The molecule has 4 nitrogen and oxygen atoms in total. The maximum atomic E-state index is 11.1. The molecule has 0 spiro atoms. The maximum Gasteiger partial charge on any atom is 0.172 e. The second-order valence-electron chi connectivity index (χ2n) is 6.09. The van der Waals surface area contributed by atoms with Gasteiger partial charge in [-0.25, -0.2) is 4.98 Å². The summed E-state index contributed by atoms with van der Waals surface area (Å²) in [6, 6.07) is 3.60. The van der Waals surface area contributed by atoms with E-state index in [1.54, 1.807) is 6.07 Å². The molecule has 0 aromatic carbocycles. The Labute approximate surface area is 125 Å². The summed E-state index contributed by atoms with van der Waals surface area (Å²) in [7, 11) is 0. The Balaban J connectivity index is 2.18. The van der Waals surface area contributed by atoms with Crippen LogP contribution in [0.25, 0.3) is 0 Å². The van der Waals surface area contributed by atoms with E-state index in [2.05, 4.69) is 4.98 Å². The number of aryl methyl sites for hydroxylation is 1. The molecule has 1 aromatic heterocycles. The van der Waals surface area contributed by atoms with Crippen LogP contribution >= 0.6 is 0 Å². The van der Waals surface area contributed by atoms with Gasteiger partial charge in [0.15, 0.2) is 6.29 Å². The molecule has 0 bridgehead atoms. The molecule has 0 aliphatic heterocycles. The van der Waals surface area contributed by atoms with Gasteiger partial charge in [0.1, 0.15) is 18.1 Å². The molecular formula is C17H23NO3. The molecule has 1 aliphatic carbocycles. The van der Waals surface area contributed by atoms with Crippen molar-refractivity contribution in [3.8, 4) is 5.75 Å². The van der Waals surface area contributed by atoms with E-state index in [9.17, 15) is 9.90 Å². The Morgan fingerprint density at radius 1 is 1.33 bits per heavy atom. The monoisotopic (exact) mass is 289 g/mol. The smallest absolute Gasteiger partial charge is 0.172 e. The summed E-state index contributed by atoms with van der Waals surface area (Å²) in [5, 5.41) is 10.3. The zero-order valence-corrected chi connectivity index (χ0v) is 13.0. The van der Waals surface area contributed by atoms with Gasteiger partial charge in [-0.05, 0) is 69.7 Å². The average Bonchev–Trinajstić information content (AvgIpc) is 2.45. The number of hydrogen-bond donors (Lipinski definition) is 1. The fraction of sp³-hybridized carbons (Fsp3) is 0.529. The summed E-state index contributed by atoms with van der Waals surface area (Å²) in [5.74, 6) is 0.503. The topological polar surface area (TPSA) is 59.4 Å². The lowest BCUT2D eigenvalue weighted by Gasteiger charge is -2.29. The van der Waals surface area contributed by atoms with Crippen molar-refractivity contribution in [1.29, 1.82) is 0 Å². The lowest BCUT2D eigenvalue weighted by Crippen LogP contribution is -2.27. The van der Waals surface area contributed by atoms with Crippen LogP contribution in [0.1, 0.15) is 55.7 Å². The second kappa shape index (κ2) is 6.39. The second-order valence-corrected chi connectivity index (χ2v) is 6.09. The summed E-state index contributed by atoms with van der Waals surface area (Å²) in [5.41, 5.74) is 2.53. The van der Waals surface area contributed by atoms with Crippen LogP contribution < -0.4 is 4.74 Å². The third-order valence-corrected chi connectivity index (χ3v) is 3.86. The van der Waals surface area contributed by atoms with Gasteiger partial charge in [0.05, 0.1) is 5.60 Å². The zero-order chi connectivity index (χ0) is 15.5. The Hall–Kier alpha value is -1.68. The number of aldehydes is 1. The summed E-state index contributed by atoms with van der Waals surface area (Å²) in [6.45, 7) is 5.88. The van der Waals surface area contributed by atoms with Crippen molar-refractivity contribution in [2.45, 2.75) is 52.1 Å². The number of aromatic nitrogens is 1. The van der Waals surface area contributed by atoms with Gasteiger partial charge in [-0.2, -0.15) is 0 Å². The number of aliphatic hydroxyl groups is 1. The lowest BCUT2D eigenvalue weighted by molar-refractivity contribution is 0.109. The van der Waals surface area contributed by atoms with Crippen LogP contribution in [0.5, 0.6) is 5.75 Å².